The van der Waals surface area contributed by atoms with Gasteiger partial charge in [-0.05, 0) is 61.1 Å². The molecule has 1 unspecified atom stereocenters. The Labute approximate surface area is 229 Å². The summed E-state index contributed by atoms with van der Waals surface area (Å²) in [5, 5.41) is 10.0. The lowest BCUT2D eigenvalue weighted by molar-refractivity contribution is -0.143. The second kappa shape index (κ2) is 10.7. The van der Waals surface area contributed by atoms with Crippen LogP contribution in [-0.4, -0.2) is 40.7 Å². The molecule has 1 saturated carbocycles. The van der Waals surface area contributed by atoms with Gasteiger partial charge < -0.3 is 14.3 Å². The van der Waals surface area contributed by atoms with E-state index in [9.17, 15) is 9.90 Å². The van der Waals surface area contributed by atoms with Gasteiger partial charge in [0.1, 0.15) is 11.5 Å². The van der Waals surface area contributed by atoms with Crippen molar-refractivity contribution in [3.63, 3.8) is 0 Å². The Morgan fingerprint density at radius 2 is 1.79 bits per heavy atom. The van der Waals surface area contributed by atoms with Crippen molar-refractivity contribution in [1.82, 2.24) is 9.88 Å². The summed E-state index contributed by atoms with van der Waals surface area (Å²) < 4.78 is 12.0. The van der Waals surface area contributed by atoms with Crippen molar-refractivity contribution in [2.75, 3.05) is 19.7 Å². The highest BCUT2D eigenvalue weighted by molar-refractivity contribution is 5.73. The molecule has 1 N–H and O–H groups in total. The zero-order valence-electron chi connectivity index (χ0n) is 22.3. The predicted octanol–water partition coefficient (Wildman–Crippen LogP) is 6.04. The summed E-state index contributed by atoms with van der Waals surface area (Å²) in [4.78, 5) is 19.2. The minimum Gasteiger partial charge on any atom is -0.493 e. The fraction of sp³-hybridized carbons (Fsp3) is 0.333. The summed E-state index contributed by atoms with van der Waals surface area (Å²) >= 11 is 0. The molecule has 1 saturated heterocycles. The Kier molecular flexibility index (Phi) is 6.96. The van der Waals surface area contributed by atoms with Gasteiger partial charge in [0.25, 0.3) is 0 Å². The number of likely N-dealkylation sites (tertiary alicyclic amines) is 1. The van der Waals surface area contributed by atoms with Crippen molar-refractivity contribution in [1.29, 1.82) is 0 Å². The number of aryl methyl sites for hydroxylation is 1. The summed E-state index contributed by atoms with van der Waals surface area (Å²) in [6.07, 6.45) is 2.51. The van der Waals surface area contributed by atoms with E-state index in [0.717, 1.165) is 48.7 Å². The van der Waals surface area contributed by atoms with Gasteiger partial charge in [-0.3, -0.25) is 9.69 Å². The third kappa shape index (κ3) is 5.48. The largest absolute Gasteiger partial charge is 0.493 e. The number of benzene rings is 3. The molecule has 1 aliphatic heterocycles. The van der Waals surface area contributed by atoms with E-state index in [1.54, 1.807) is 0 Å². The highest BCUT2D eigenvalue weighted by Gasteiger charge is 2.64. The van der Waals surface area contributed by atoms with E-state index in [1.807, 2.05) is 67.6 Å². The fourth-order valence-electron chi connectivity index (χ4n) is 6.29. The van der Waals surface area contributed by atoms with Crippen molar-refractivity contribution in [3.05, 3.63) is 108 Å². The van der Waals surface area contributed by atoms with E-state index in [4.69, 9.17) is 9.15 Å². The van der Waals surface area contributed by atoms with E-state index in [2.05, 4.69) is 34.1 Å². The molecule has 2 fully saturated rings. The highest BCUT2D eigenvalue weighted by atomic mass is 16.5. The van der Waals surface area contributed by atoms with Gasteiger partial charge in [-0.2, -0.15) is 0 Å². The van der Waals surface area contributed by atoms with Gasteiger partial charge in [0, 0.05) is 37.0 Å². The number of oxazole rings is 1. The maximum absolute atomic E-state index is 12.2. The van der Waals surface area contributed by atoms with Crippen molar-refractivity contribution in [2.45, 2.75) is 32.7 Å². The summed E-state index contributed by atoms with van der Waals surface area (Å²) in [6, 6.07) is 28.5. The number of hydrogen-bond donors (Lipinski definition) is 1. The first kappa shape index (κ1) is 25.4. The van der Waals surface area contributed by atoms with Crippen molar-refractivity contribution in [3.8, 4) is 17.2 Å². The molecule has 1 aliphatic carbocycles. The number of ether oxygens (including phenoxy) is 1. The van der Waals surface area contributed by atoms with Crippen LogP contribution in [0.25, 0.3) is 11.5 Å². The van der Waals surface area contributed by atoms with Crippen molar-refractivity contribution in [2.24, 2.45) is 17.3 Å². The number of carbonyl (C=O) groups is 1. The quantitative estimate of drug-likeness (QED) is 0.274. The van der Waals surface area contributed by atoms with Crippen LogP contribution in [0.5, 0.6) is 5.75 Å². The maximum atomic E-state index is 12.2. The monoisotopic (exact) mass is 522 g/mol. The van der Waals surface area contributed by atoms with Gasteiger partial charge in [0.15, 0.2) is 0 Å². The minimum atomic E-state index is -0.663. The second-order valence-electron chi connectivity index (χ2n) is 11.0. The van der Waals surface area contributed by atoms with E-state index < -0.39 is 5.97 Å². The molecule has 3 atom stereocenters. The molecule has 39 heavy (non-hydrogen) atoms. The summed E-state index contributed by atoms with van der Waals surface area (Å²) in [6.45, 7) is 4.72. The molecule has 0 amide bonds. The van der Waals surface area contributed by atoms with Crippen LogP contribution in [0.2, 0.25) is 0 Å². The van der Waals surface area contributed by atoms with Gasteiger partial charge in [-0.1, -0.05) is 60.7 Å². The first-order valence-corrected chi connectivity index (χ1v) is 13.7. The molecule has 2 aliphatic rings. The molecule has 3 aromatic carbocycles. The lowest BCUT2D eigenvalue weighted by atomic mass is 9.88. The van der Waals surface area contributed by atoms with E-state index in [-0.39, 0.29) is 11.3 Å². The highest BCUT2D eigenvalue weighted by Crippen LogP contribution is 2.62. The van der Waals surface area contributed by atoms with Crippen LogP contribution in [-0.2, 0) is 24.2 Å². The third-order valence-electron chi connectivity index (χ3n) is 8.38. The van der Waals surface area contributed by atoms with Gasteiger partial charge in [0.05, 0.1) is 18.2 Å². The molecule has 6 rings (SSSR count). The van der Waals surface area contributed by atoms with E-state index in [1.165, 1.54) is 11.1 Å². The molecule has 0 bridgehead atoms. The maximum Gasteiger partial charge on any atom is 0.308 e. The second-order valence-corrected chi connectivity index (χ2v) is 11.0. The predicted molar refractivity (Wildman–Crippen MR) is 149 cm³/mol. The number of rotatable bonds is 10. The zero-order chi connectivity index (χ0) is 26.8. The standard InChI is InChI=1S/C33H34N2O4/c1-23-30(34-31(39-23)26-12-6-3-7-13-26)15-16-38-28-14-8-11-25(18-28)17-27-19-33(27)22-35(21-29(33)32(36)37)20-24-9-4-2-5-10-24/h2-14,18,27,29H,15-17,19-22H2,1H3,(H,36,37)/t27-,29?,33-/m1/s1. The van der Waals surface area contributed by atoms with Crippen LogP contribution >= 0.6 is 0 Å². The van der Waals surface area contributed by atoms with Crippen LogP contribution in [0.3, 0.4) is 0 Å². The Morgan fingerprint density at radius 1 is 1.05 bits per heavy atom. The average Bonchev–Trinajstić information content (AvgIpc) is 3.27. The van der Waals surface area contributed by atoms with Gasteiger partial charge >= 0.3 is 5.97 Å². The Bertz CT molecular complexity index is 1430. The Balaban J connectivity index is 1.05. The molecule has 1 aromatic heterocycles. The first-order valence-electron chi connectivity index (χ1n) is 13.7. The van der Waals surface area contributed by atoms with Crippen molar-refractivity contribution < 1.29 is 19.1 Å². The molecule has 2 heterocycles. The molecule has 6 nitrogen and oxygen atoms in total. The lowest BCUT2D eigenvalue weighted by Crippen LogP contribution is -2.25. The summed E-state index contributed by atoms with van der Waals surface area (Å²) in [7, 11) is 0. The van der Waals surface area contributed by atoms with Crippen molar-refractivity contribution >= 4 is 5.97 Å². The molecule has 200 valence electrons. The van der Waals surface area contributed by atoms with Gasteiger partial charge in [0.2, 0.25) is 5.89 Å². The molecular formula is C33H34N2O4. The topological polar surface area (TPSA) is 75.8 Å². The van der Waals surface area contributed by atoms with Crippen LogP contribution in [0, 0.1) is 24.2 Å². The lowest BCUT2D eigenvalue weighted by Gasteiger charge is -2.16. The molecule has 0 radical (unpaired) electrons. The fourth-order valence-corrected chi connectivity index (χ4v) is 6.29. The van der Waals surface area contributed by atoms with Crippen LogP contribution in [0.15, 0.2) is 89.3 Å². The number of aliphatic carboxylic acids is 1. The SMILES string of the molecule is Cc1oc(-c2ccccc2)nc1CCOc1cccc(C[C@@H]2C[C@@]23CN(Cc2ccccc2)CC3C(=O)O)c1. The minimum absolute atomic E-state index is 0.127. The molecular weight excluding hydrogens is 488 g/mol. The number of hydrogen-bond acceptors (Lipinski definition) is 5. The zero-order valence-corrected chi connectivity index (χ0v) is 22.3. The molecule has 4 aromatic rings. The number of carboxylic acids is 1. The van der Waals surface area contributed by atoms with Crippen LogP contribution in [0.1, 0.15) is 29.0 Å². The summed E-state index contributed by atoms with van der Waals surface area (Å²) in [5.74, 6) is 1.69. The van der Waals surface area contributed by atoms with E-state index in [0.29, 0.717) is 31.4 Å². The first-order chi connectivity index (χ1) is 19.0. The Morgan fingerprint density at radius 3 is 2.56 bits per heavy atom. The number of nitrogens with zero attached hydrogens (tertiary/aromatic N) is 2. The number of carboxylic acid groups (broad SMARTS) is 1. The normalized spacial score (nSPS) is 22.3. The molecule has 6 heteroatoms. The smallest absolute Gasteiger partial charge is 0.308 e. The third-order valence-corrected chi connectivity index (χ3v) is 8.38. The number of aromatic nitrogens is 1. The van der Waals surface area contributed by atoms with Crippen LogP contribution in [0.4, 0.5) is 0 Å². The van der Waals surface area contributed by atoms with Gasteiger partial charge in [-0.15, -0.1) is 0 Å². The summed E-state index contributed by atoms with van der Waals surface area (Å²) in [5.41, 5.74) is 4.18. The molecule has 1 spiro atoms. The van der Waals surface area contributed by atoms with Gasteiger partial charge in [-0.25, -0.2) is 4.98 Å². The van der Waals surface area contributed by atoms with E-state index >= 15 is 0 Å². The van der Waals surface area contributed by atoms with Crippen LogP contribution < -0.4 is 4.74 Å². The average molecular weight is 523 g/mol. The Hall–Kier alpha value is -3.90.